The summed E-state index contributed by atoms with van der Waals surface area (Å²) in [6.07, 6.45) is 3.32. The molecule has 6 nitrogen and oxygen atoms in total. The summed E-state index contributed by atoms with van der Waals surface area (Å²) in [5, 5.41) is 0. The molecule has 0 spiro atoms. The Morgan fingerprint density at radius 2 is 1.90 bits per heavy atom. The van der Waals surface area contributed by atoms with E-state index in [1.807, 2.05) is 47.4 Å². The van der Waals surface area contributed by atoms with Crippen LogP contribution in [0.3, 0.4) is 0 Å². The number of carbonyl (C=O) groups excluding carboxylic acids is 2. The van der Waals surface area contributed by atoms with E-state index in [9.17, 15) is 9.59 Å². The van der Waals surface area contributed by atoms with Crippen LogP contribution in [0.15, 0.2) is 54.6 Å². The Morgan fingerprint density at radius 3 is 2.52 bits per heavy atom. The molecular formula is C23H26N2O4. The Bertz CT molecular complexity index is 905. The second-order valence-corrected chi connectivity index (χ2v) is 6.99. The second-order valence-electron chi connectivity index (χ2n) is 6.99. The highest BCUT2D eigenvalue weighted by Crippen LogP contribution is 2.24. The van der Waals surface area contributed by atoms with Crippen LogP contribution in [0.25, 0.3) is 5.57 Å². The zero-order valence-corrected chi connectivity index (χ0v) is 16.8. The summed E-state index contributed by atoms with van der Waals surface area (Å²) in [5.41, 5.74) is 9.77. The van der Waals surface area contributed by atoms with Crippen LogP contribution in [-0.4, -0.2) is 50.1 Å². The van der Waals surface area contributed by atoms with E-state index in [-0.39, 0.29) is 5.91 Å². The van der Waals surface area contributed by atoms with E-state index in [4.69, 9.17) is 10.5 Å². The molecule has 0 saturated heterocycles. The van der Waals surface area contributed by atoms with E-state index in [0.717, 1.165) is 17.5 Å². The summed E-state index contributed by atoms with van der Waals surface area (Å²) in [4.78, 5) is 26.0. The smallest absolute Gasteiger partial charge is 0.322 e. The Morgan fingerprint density at radius 1 is 1.14 bits per heavy atom. The molecule has 0 saturated carbocycles. The lowest BCUT2D eigenvalue weighted by Gasteiger charge is -2.27. The Labute approximate surface area is 170 Å². The van der Waals surface area contributed by atoms with Gasteiger partial charge in [-0.2, -0.15) is 0 Å². The van der Waals surface area contributed by atoms with Crippen molar-refractivity contribution in [2.24, 2.45) is 5.73 Å². The Kier molecular flexibility index (Phi) is 6.67. The van der Waals surface area contributed by atoms with Crippen molar-refractivity contribution < 1.29 is 19.1 Å². The first-order valence-corrected chi connectivity index (χ1v) is 9.57. The minimum atomic E-state index is -0.657. The predicted octanol–water partition coefficient (Wildman–Crippen LogP) is 2.67. The van der Waals surface area contributed by atoms with Crippen molar-refractivity contribution in [3.05, 3.63) is 71.3 Å². The van der Waals surface area contributed by atoms with Crippen molar-refractivity contribution in [3.63, 3.8) is 0 Å². The Balaban J connectivity index is 1.63. The van der Waals surface area contributed by atoms with E-state index < -0.39 is 12.0 Å². The van der Waals surface area contributed by atoms with Gasteiger partial charge in [0.05, 0.1) is 14.2 Å². The molecule has 1 aliphatic rings. The van der Waals surface area contributed by atoms with Crippen LogP contribution in [0.5, 0.6) is 5.75 Å². The molecule has 3 rings (SSSR count). The van der Waals surface area contributed by atoms with Gasteiger partial charge in [-0.1, -0.05) is 36.4 Å². The van der Waals surface area contributed by atoms with Gasteiger partial charge in [0, 0.05) is 18.7 Å². The summed E-state index contributed by atoms with van der Waals surface area (Å²) >= 11 is 0. The van der Waals surface area contributed by atoms with Gasteiger partial charge in [-0.15, -0.1) is 0 Å². The van der Waals surface area contributed by atoms with Gasteiger partial charge in [0.1, 0.15) is 11.8 Å². The molecule has 6 heteroatoms. The van der Waals surface area contributed by atoms with Crippen molar-refractivity contribution >= 4 is 17.4 Å². The van der Waals surface area contributed by atoms with Gasteiger partial charge < -0.3 is 20.1 Å². The number of nitrogens with zero attached hydrogens (tertiary/aromatic N) is 1. The third-order valence-corrected chi connectivity index (χ3v) is 5.10. The van der Waals surface area contributed by atoms with Crippen LogP contribution in [0, 0.1) is 0 Å². The fraction of sp³-hybridized carbons (Fsp3) is 0.304. The predicted molar refractivity (Wildman–Crippen MR) is 112 cm³/mol. The van der Waals surface area contributed by atoms with Crippen LogP contribution in [-0.2, 0) is 16.0 Å². The first-order valence-electron chi connectivity index (χ1n) is 9.57. The molecule has 1 atom stereocenters. The van der Waals surface area contributed by atoms with Gasteiger partial charge in [-0.05, 0) is 47.7 Å². The maximum absolute atomic E-state index is 12.7. The van der Waals surface area contributed by atoms with E-state index >= 15 is 0 Å². The largest absolute Gasteiger partial charge is 0.497 e. The normalized spacial score (nSPS) is 14.7. The van der Waals surface area contributed by atoms with Crippen LogP contribution < -0.4 is 10.5 Å². The lowest BCUT2D eigenvalue weighted by atomic mass is 9.96. The zero-order chi connectivity index (χ0) is 20.8. The first kappa shape index (κ1) is 20.6. The topological polar surface area (TPSA) is 81.9 Å². The van der Waals surface area contributed by atoms with E-state index in [0.29, 0.717) is 30.8 Å². The lowest BCUT2D eigenvalue weighted by Crippen LogP contribution is -2.34. The average Bonchev–Trinajstić information content (AvgIpc) is 2.78. The molecule has 2 aromatic rings. The van der Waals surface area contributed by atoms with Crippen molar-refractivity contribution in [1.82, 2.24) is 4.90 Å². The highest BCUT2D eigenvalue weighted by atomic mass is 16.5. The SMILES string of the molecule is COC(=O)[C@@H](N)Cc1ccc(C2=CCN(C(=O)c3cccc(OC)c3)CC2)cc1. The number of rotatable bonds is 6. The molecule has 0 unspecified atom stereocenters. The van der Waals surface area contributed by atoms with Crippen LogP contribution >= 0.6 is 0 Å². The fourth-order valence-electron chi connectivity index (χ4n) is 3.40. The quantitative estimate of drug-likeness (QED) is 0.762. The summed E-state index contributed by atoms with van der Waals surface area (Å²) in [7, 11) is 2.93. The van der Waals surface area contributed by atoms with Crippen LogP contribution in [0.2, 0.25) is 0 Å². The summed E-state index contributed by atoms with van der Waals surface area (Å²) in [6, 6.07) is 14.6. The third-order valence-electron chi connectivity index (χ3n) is 5.10. The van der Waals surface area contributed by atoms with Crippen molar-refractivity contribution in [2.75, 3.05) is 27.3 Å². The molecule has 1 amide bonds. The maximum Gasteiger partial charge on any atom is 0.322 e. The van der Waals surface area contributed by atoms with Gasteiger partial charge in [-0.25, -0.2) is 0 Å². The number of ether oxygens (including phenoxy) is 2. The fourth-order valence-corrected chi connectivity index (χ4v) is 3.40. The van der Waals surface area contributed by atoms with E-state index in [2.05, 4.69) is 10.8 Å². The van der Waals surface area contributed by atoms with E-state index in [1.165, 1.54) is 12.7 Å². The van der Waals surface area contributed by atoms with E-state index in [1.54, 1.807) is 13.2 Å². The molecule has 0 bridgehead atoms. The molecule has 0 radical (unpaired) electrons. The number of hydrogen-bond acceptors (Lipinski definition) is 5. The minimum absolute atomic E-state index is 0.00588. The van der Waals surface area contributed by atoms with Crippen LogP contribution in [0.4, 0.5) is 0 Å². The second kappa shape index (κ2) is 9.39. The minimum Gasteiger partial charge on any atom is -0.497 e. The maximum atomic E-state index is 12.7. The van der Waals surface area contributed by atoms with Gasteiger partial charge in [0.15, 0.2) is 0 Å². The lowest BCUT2D eigenvalue weighted by molar-refractivity contribution is -0.142. The Hall–Kier alpha value is -3.12. The molecule has 0 fully saturated rings. The molecular weight excluding hydrogens is 368 g/mol. The standard InChI is InChI=1S/C23H26N2O4/c1-28-20-5-3-4-19(15-20)22(26)25-12-10-18(11-13-25)17-8-6-16(7-9-17)14-21(24)23(27)29-2/h3-10,15,21H,11-14,24H2,1-2H3/t21-/m0/s1. The zero-order valence-electron chi connectivity index (χ0n) is 16.8. The number of carbonyl (C=O) groups is 2. The van der Waals surface area contributed by atoms with Gasteiger partial charge in [0.2, 0.25) is 0 Å². The monoisotopic (exact) mass is 394 g/mol. The van der Waals surface area contributed by atoms with Gasteiger partial charge in [-0.3, -0.25) is 9.59 Å². The molecule has 2 aromatic carbocycles. The van der Waals surface area contributed by atoms with Gasteiger partial charge in [0.25, 0.3) is 5.91 Å². The summed E-state index contributed by atoms with van der Waals surface area (Å²) in [6.45, 7) is 1.23. The molecule has 2 N–H and O–H groups in total. The van der Waals surface area contributed by atoms with Crippen LogP contribution in [0.1, 0.15) is 27.9 Å². The molecule has 0 aliphatic carbocycles. The third kappa shape index (κ3) is 5.03. The summed E-state index contributed by atoms with van der Waals surface area (Å²) in [5.74, 6) is 0.271. The van der Waals surface area contributed by atoms with Crippen molar-refractivity contribution in [3.8, 4) is 5.75 Å². The molecule has 1 aliphatic heterocycles. The molecule has 152 valence electrons. The van der Waals surface area contributed by atoms with Crippen molar-refractivity contribution in [1.29, 1.82) is 0 Å². The number of esters is 1. The molecule has 29 heavy (non-hydrogen) atoms. The molecule has 1 heterocycles. The van der Waals surface area contributed by atoms with Gasteiger partial charge >= 0.3 is 5.97 Å². The average molecular weight is 394 g/mol. The molecule has 0 aromatic heterocycles. The summed E-state index contributed by atoms with van der Waals surface area (Å²) < 4.78 is 9.87. The number of nitrogens with two attached hydrogens (primary N) is 1. The number of hydrogen-bond donors (Lipinski definition) is 1. The number of methoxy groups -OCH3 is 2. The first-order chi connectivity index (χ1) is 14.0. The highest BCUT2D eigenvalue weighted by Gasteiger charge is 2.20. The number of benzene rings is 2. The highest BCUT2D eigenvalue weighted by molar-refractivity contribution is 5.95. The van der Waals surface area contributed by atoms with Crippen molar-refractivity contribution in [2.45, 2.75) is 18.9 Å². The number of amides is 1.